The predicted octanol–water partition coefficient (Wildman–Crippen LogP) is 0.749. The monoisotopic (exact) mass is 250 g/mol. The van der Waals surface area contributed by atoms with Crippen LogP contribution in [0.15, 0.2) is 12.1 Å². The van der Waals surface area contributed by atoms with Crippen LogP contribution in [0.4, 0.5) is 11.4 Å². The summed E-state index contributed by atoms with van der Waals surface area (Å²) < 4.78 is 0. The number of aryl methyl sites for hydroxylation is 2. The third kappa shape index (κ3) is 3.74. The maximum atomic E-state index is 12.0. The Morgan fingerprint density at radius 1 is 1.22 bits per heavy atom. The van der Waals surface area contributed by atoms with Gasteiger partial charge in [0.2, 0.25) is 0 Å². The van der Waals surface area contributed by atoms with Crippen molar-refractivity contribution < 1.29 is 9.69 Å². The molecule has 0 heterocycles. The Kier molecular flexibility index (Phi) is 5.16. The van der Waals surface area contributed by atoms with Gasteiger partial charge in [-0.3, -0.25) is 4.79 Å². The normalized spacial score (nSPS) is 10.7. The van der Waals surface area contributed by atoms with Crippen molar-refractivity contribution in [3.05, 3.63) is 23.3 Å². The molecule has 1 amide bonds. The summed E-state index contributed by atoms with van der Waals surface area (Å²) in [7, 11) is 0. The number of nitrogen functional groups attached to an aromatic ring is 1. The maximum Gasteiger partial charge on any atom is 0.279 e. The van der Waals surface area contributed by atoms with Crippen LogP contribution in [0.5, 0.6) is 0 Å². The molecular formula is C14H24N3O+. The van der Waals surface area contributed by atoms with Crippen molar-refractivity contribution in [1.29, 1.82) is 0 Å². The summed E-state index contributed by atoms with van der Waals surface area (Å²) in [6.45, 7) is 10.5. The summed E-state index contributed by atoms with van der Waals surface area (Å²) in [6, 6.07) is 3.76. The van der Waals surface area contributed by atoms with Crippen molar-refractivity contribution in [2.75, 3.05) is 30.7 Å². The smallest absolute Gasteiger partial charge is 0.279 e. The second kappa shape index (κ2) is 6.40. The molecule has 0 aromatic heterocycles. The summed E-state index contributed by atoms with van der Waals surface area (Å²) in [4.78, 5) is 13.2. The van der Waals surface area contributed by atoms with Gasteiger partial charge >= 0.3 is 0 Å². The molecule has 1 aromatic carbocycles. The number of hydrogen-bond donors (Lipinski definition) is 3. The molecule has 0 bridgehead atoms. The molecule has 0 atom stereocenters. The minimum absolute atomic E-state index is 0.0599. The van der Waals surface area contributed by atoms with E-state index in [1.807, 2.05) is 26.0 Å². The number of hydrogen-bond acceptors (Lipinski definition) is 2. The Morgan fingerprint density at radius 2 is 1.72 bits per heavy atom. The second-order valence-electron chi connectivity index (χ2n) is 4.71. The summed E-state index contributed by atoms with van der Waals surface area (Å²) >= 11 is 0. The fraction of sp³-hybridized carbons (Fsp3) is 0.500. The Labute approximate surface area is 109 Å². The van der Waals surface area contributed by atoms with E-state index >= 15 is 0 Å². The highest BCUT2D eigenvalue weighted by Gasteiger charge is 2.13. The third-order valence-electron chi connectivity index (χ3n) is 3.23. The van der Waals surface area contributed by atoms with Crippen molar-refractivity contribution in [3.8, 4) is 0 Å². The lowest BCUT2D eigenvalue weighted by Crippen LogP contribution is -3.12. The van der Waals surface area contributed by atoms with Gasteiger partial charge in [0.25, 0.3) is 5.91 Å². The first-order valence-electron chi connectivity index (χ1n) is 6.48. The molecule has 0 aliphatic carbocycles. The van der Waals surface area contributed by atoms with Crippen LogP contribution in [-0.2, 0) is 4.79 Å². The highest BCUT2D eigenvalue weighted by atomic mass is 16.2. The van der Waals surface area contributed by atoms with Crippen LogP contribution < -0.4 is 16.0 Å². The standard InChI is InChI=1S/C14H23N3O/c1-5-17(6-2)9-13(18)16-14-10(3)7-12(15)8-11(14)4/h7-8H,5-6,9,15H2,1-4H3,(H,16,18)/p+1. The van der Waals surface area contributed by atoms with Gasteiger partial charge < -0.3 is 16.0 Å². The Balaban J connectivity index is 2.76. The van der Waals surface area contributed by atoms with Gasteiger partial charge in [-0.05, 0) is 51.0 Å². The fourth-order valence-corrected chi connectivity index (χ4v) is 2.10. The van der Waals surface area contributed by atoms with Gasteiger partial charge in [0.05, 0.1) is 13.1 Å². The van der Waals surface area contributed by atoms with E-state index in [0.717, 1.165) is 35.6 Å². The summed E-state index contributed by atoms with van der Waals surface area (Å²) in [5.41, 5.74) is 9.41. The Morgan fingerprint density at radius 3 is 2.17 bits per heavy atom. The van der Waals surface area contributed by atoms with Crippen molar-refractivity contribution >= 4 is 17.3 Å². The number of carbonyl (C=O) groups is 1. The number of benzene rings is 1. The van der Waals surface area contributed by atoms with Crippen LogP contribution in [-0.4, -0.2) is 25.5 Å². The van der Waals surface area contributed by atoms with Gasteiger partial charge in [-0.1, -0.05) is 0 Å². The first kappa shape index (κ1) is 14.5. The minimum atomic E-state index is 0.0599. The molecule has 18 heavy (non-hydrogen) atoms. The van der Waals surface area contributed by atoms with Crippen molar-refractivity contribution in [2.24, 2.45) is 0 Å². The average Bonchev–Trinajstić information content (AvgIpc) is 2.30. The molecule has 4 heteroatoms. The van der Waals surface area contributed by atoms with E-state index < -0.39 is 0 Å². The zero-order chi connectivity index (χ0) is 13.7. The zero-order valence-electron chi connectivity index (χ0n) is 11.8. The van der Waals surface area contributed by atoms with Crippen LogP contribution in [0.3, 0.4) is 0 Å². The molecule has 0 spiro atoms. The molecular weight excluding hydrogens is 226 g/mol. The maximum absolute atomic E-state index is 12.0. The second-order valence-corrected chi connectivity index (χ2v) is 4.71. The van der Waals surface area contributed by atoms with E-state index in [1.165, 1.54) is 4.90 Å². The van der Waals surface area contributed by atoms with E-state index in [2.05, 4.69) is 19.2 Å². The van der Waals surface area contributed by atoms with Crippen molar-refractivity contribution in [2.45, 2.75) is 27.7 Å². The van der Waals surface area contributed by atoms with Crippen molar-refractivity contribution in [3.63, 3.8) is 0 Å². The van der Waals surface area contributed by atoms with Gasteiger partial charge in [-0.25, -0.2) is 0 Å². The Hall–Kier alpha value is -1.55. The lowest BCUT2D eigenvalue weighted by Gasteiger charge is -2.17. The summed E-state index contributed by atoms with van der Waals surface area (Å²) in [5.74, 6) is 0.0599. The lowest BCUT2D eigenvalue weighted by atomic mass is 10.1. The largest absolute Gasteiger partial charge is 0.399 e. The molecule has 4 nitrogen and oxygen atoms in total. The molecule has 0 aliphatic heterocycles. The molecule has 0 fully saturated rings. The van der Waals surface area contributed by atoms with E-state index in [0.29, 0.717) is 6.54 Å². The van der Waals surface area contributed by atoms with Gasteiger partial charge in [0.1, 0.15) is 0 Å². The molecule has 0 radical (unpaired) electrons. The lowest BCUT2D eigenvalue weighted by molar-refractivity contribution is -0.888. The minimum Gasteiger partial charge on any atom is -0.399 e. The van der Waals surface area contributed by atoms with Crippen LogP contribution in [0.1, 0.15) is 25.0 Å². The van der Waals surface area contributed by atoms with Crippen LogP contribution in [0.25, 0.3) is 0 Å². The molecule has 1 rings (SSSR count). The van der Waals surface area contributed by atoms with E-state index in [9.17, 15) is 4.79 Å². The Bertz CT molecular complexity index is 402. The van der Waals surface area contributed by atoms with E-state index in [-0.39, 0.29) is 5.91 Å². The summed E-state index contributed by atoms with van der Waals surface area (Å²) in [5, 5.41) is 2.99. The predicted molar refractivity (Wildman–Crippen MR) is 75.9 cm³/mol. The highest BCUT2D eigenvalue weighted by Crippen LogP contribution is 2.22. The topological polar surface area (TPSA) is 59.6 Å². The molecule has 0 saturated heterocycles. The molecule has 1 aromatic rings. The van der Waals surface area contributed by atoms with Crippen molar-refractivity contribution in [1.82, 2.24) is 0 Å². The molecule has 0 aliphatic rings. The number of quaternary nitrogens is 1. The van der Waals surface area contributed by atoms with E-state index in [1.54, 1.807) is 0 Å². The number of likely N-dealkylation sites (N-methyl/N-ethyl adjacent to an activating group) is 1. The van der Waals surface area contributed by atoms with Gasteiger partial charge in [-0.15, -0.1) is 0 Å². The van der Waals surface area contributed by atoms with Gasteiger partial charge in [0, 0.05) is 11.4 Å². The first-order valence-corrected chi connectivity index (χ1v) is 6.48. The zero-order valence-corrected chi connectivity index (χ0v) is 11.8. The molecule has 100 valence electrons. The number of nitrogens with two attached hydrogens (primary N) is 1. The molecule has 0 saturated carbocycles. The quantitative estimate of drug-likeness (QED) is 0.675. The molecule has 0 unspecified atom stereocenters. The average molecular weight is 250 g/mol. The number of anilines is 2. The van der Waals surface area contributed by atoms with Crippen LogP contribution in [0, 0.1) is 13.8 Å². The highest BCUT2D eigenvalue weighted by molar-refractivity contribution is 5.93. The number of rotatable bonds is 5. The molecule has 4 N–H and O–H groups in total. The summed E-state index contributed by atoms with van der Waals surface area (Å²) in [6.07, 6.45) is 0. The SMILES string of the molecule is CC[NH+](CC)CC(=O)Nc1c(C)cc(N)cc1C. The van der Waals surface area contributed by atoms with E-state index in [4.69, 9.17) is 5.73 Å². The number of nitrogens with one attached hydrogen (secondary N) is 2. The van der Waals surface area contributed by atoms with Crippen LogP contribution >= 0.6 is 0 Å². The van der Waals surface area contributed by atoms with Gasteiger partial charge in [-0.2, -0.15) is 0 Å². The van der Waals surface area contributed by atoms with Crippen LogP contribution in [0.2, 0.25) is 0 Å². The number of carbonyl (C=O) groups excluding carboxylic acids is 1. The van der Waals surface area contributed by atoms with Gasteiger partial charge in [0.15, 0.2) is 6.54 Å². The number of amides is 1. The first-order chi connectivity index (χ1) is 8.47. The fourth-order valence-electron chi connectivity index (χ4n) is 2.10. The third-order valence-corrected chi connectivity index (χ3v) is 3.23.